The second kappa shape index (κ2) is 5.92. The van der Waals surface area contributed by atoms with Gasteiger partial charge in [-0.05, 0) is 43.2 Å². The maximum atomic E-state index is 6.35. The Kier molecular flexibility index (Phi) is 4.25. The molecule has 0 spiro atoms. The van der Waals surface area contributed by atoms with E-state index < -0.39 is 0 Å². The number of nitrogens with two attached hydrogens (primary N) is 1. The highest BCUT2D eigenvalue weighted by Crippen LogP contribution is 2.31. The van der Waals surface area contributed by atoms with Crippen LogP contribution in [0.25, 0.3) is 0 Å². The first-order chi connectivity index (χ1) is 9.56. The molecule has 0 fully saturated rings. The van der Waals surface area contributed by atoms with E-state index in [0.29, 0.717) is 11.5 Å². The first kappa shape index (κ1) is 14.3. The number of ether oxygens (including phenoxy) is 2. The summed E-state index contributed by atoms with van der Waals surface area (Å²) in [5.74, 6) is 1.38. The third kappa shape index (κ3) is 2.75. The van der Waals surface area contributed by atoms with Gasteiger partial charge in [-0.15, -0.1) is 0 Å². The summed E-state index contributed by atoms with van der Waals surface area (Å²) >= 11 is 0. The zero-order chi connectivity index (χ0) is 14.7. The average molecular weight is 272 g/mol. The average Bonchev–Trinajstić information content (AvgIpc) is 2.45. The van der Waals surface area contributed by atoms with Crippen molar-refractivity contribution in [2.24, 2.45) is 5.73 Å². The van der Waals surface area contributed by atoms with Crippen molar-refractivity contribution in [3.63, 3.8) is 0 Å². The molecule has 1 atom stereocenters. The van der Waals surface area contributed by atoms with Crippen LogP contribution < -0.4 is 15.2 Å². The highest BCUT2D eigenvalue weighted by atomic mass is 16.5. The number of aryl methyl sites for hydroxylation is 2. The highest BCUT2D eigenvalue weighted by Gasteiger charge is 2.15. The molecule has 0 amide bonds. The molecular weight excluding hydrogens is 252 g/mol. The van der Waals surface area contributed by atoms with Crippen molar-refractivity contribution in [1.29, 1.82) is 0 Å². The first-order valence-electron chi connectivity index (χ1n) is 6.48. The quantitative estimate of drug-likeness (QED) is 0.929. The smallest absolute Gasteiger partial charge is 0.161 e. The number of rotatable bonds is 4. The second-order valence-corrected chi connectivity index (χ2v) is 4.72. The molecule has 1 unspecified atom stereocenters. The van der Waals surface area contributed by atoms with Gasteiger partial charge in [-0.3, -0.25) is 4.98 Å². The van der Waals surface area contributed by atoms with E-state index in [-0.39, 0.29) is 6.04 Å². The van der Waals surface area contributed by atoms with Crippen molar-refractivity contribution in [1.82, 2.24) is 4.98 Å². The van der Waals surface area contributed by atoms with Crippen molar-refractivity contribution in [3.05, 3.63) is 52.8 Å². The van der Waals surface area contributed by atoms with Gasteiger partial charge in [0.15, 0.2) is 11.5 Å². The second-order valence-electron chi connectivity index (χ2n) is 4.72. The molecule has 0 saturated heterocycles. The fourth-order valence-electron chi connectivity index (χ4n) is 2.25. The predicted molar refractivity (Wildman–Crippen MR) is 79.3 cm³/mol. The topological polar surface area (TPSA) is 57.4 Å². The Morgan fingerprint density at radius 2 is 1.70 bits per heavy atom. The van der Waals surface area contributed by atoms with Crippen LogP contribution in [0.1, 0.15) is 28.6 Å². The van der Waals surface area contributed by atoms with Crippen LogP contribution in [-0.4, -0.2) is 19.2 Å². The molecule has 0 aliphatic heterocycles. The summed E-state index contributed by atoms with van der Waals surface area (Å²) in [6.45, 7) is 3.95. The Balaban J connectivity index is 2.40. The molecule has 1 aromatic carbocycles. The summed E-state index contributed by atoms with van der Waals surface area (Å²) in [6.07, 6.45) is 0. The van der Waals surface area contributed by atoms with Crippen LogP contribution in [0.3, 0.4) is 0 Å². The van der Waals surface area contributed by atoms with Gasteiger partial charge in [0.1, 0.15) is 0 Å². The SMILES string of the molecule is COc1ccc(C(N)c2ccc(C)nc2C)cc1OC. The molecule has 0 saturated carbocycles. The minimum absolute atomic E-state index is 0.233. The van der Waals surface area contributed by atoms with Gasteiger partial charge >= 0.3 is 0 Å². The molecule has 2 aromatic rings. The van der Waals surface area contributed by atoms with E-state index in [9.17, 15) is 0 Å². The van der Waals surface area contributed by atoms with Crippen LogP contribution in [-0.2, 0) is 0 Å². The maximum Gasteiger partial charge on any atom is 0.161 e. The molecule has 1 aromatic heterocycles. The highest BCUT2D eigenvalue weighted by molar-refractivity contribution is 5.46. The van der Waals surface area contributed by atoms with Crippen LogP contribution in [0.4, 0.5) is 0 Å². The number of hydrogen-bond acceptors (Lipinski definition) is 4. The molecule has 2 N–H and O–H groups in total. The Bertz CT molecular complexity index is 611. The third-order valence-electron chi connectivity index (χ3n) is 3.37. The number of benzene rings is 1. The van der Waals surface area contributed by atoms with E-state index in [1.54, 1.807) is 14.2 Å². The normalized spacial score (nSPS) is 12.1. The van der Waals surface area contributed by atoms with Crippen LogP contribution in [0.5, 0.6) is 11.5 Å². The number of nitrogens with zero attached hydrogens (tertiary/aromatic N) is 1. The first-order valence-corrected chi connectivity index (χ1v) is 6.48. The molecule has 0 radical (unpaired) electrons. The molecule has 0 aliphatic rings. The number of aromatic nitrogens is 1. The lowest BCUT2D eigenvalue weighted by Crippen LogP contribution is -2.14. The zero-order valence-electron chi connectivity index (χ0n) is 12.3. The monoisotopic (exact) mass is 272 g/mol. The minimum atomic E-state index is -0.233. The van der Waals surface area contributed by atoms with Gasteiger partial charge in [0.2, 0.25) is 0 Å². The van der Waals surface area contributed by atoms with Crippen LogP contribution in [0.2, 0.25) is 0 Å². The molecule has 4 heteroatoms. The summed E-state index contributed by atoms with van der Waals surface area (Å²) in [6, 6.07) is 9.49. The lowest BCUT2D eigenvalue weighted by atomic mass is 9.98. The van der Waals surface area contributed by atoms with Crippen molar-refractivity contribution in [2.45, 2.75) is 19.9 Å². The summed E-state index contributed by atoms with van der Waals surface area (Å²) in [5.41, 5.74) is 10.3. The summed E-state index contributed by atoms with van der Waals surface area (Å²) in [5, 5.41) is 0. The Morgan fingerprint density at radius 3 is 2.30 bits per heavy atom. The summed E-state index contributed by atoms with van der Waals surface area (Å²) in [4.78, 5) is 4.46. The fourth-order valence-corrected chi connectivity index (χ4v) is 2.25. The van der Waals surface area contributed by atoms with E-state index in [1.165, 1.54) is 0 Å². The van der Waals surface area contributed by atoms with E-state index in [1.807, 2.05) is 44.2 Å². The molecule has 106 valence electrons. The van der Waals surface area contributed by atoms with Gasteiger partial charge in [-0.2, -0.15) is 0 Å². The zero-order valence-corrected chi connectivity index (χ0v) is 12.3. The summed E-state index contributed by atoms with van der Waals surface area (Å²) in [7, 11) is 3.23. The number of hydrogen-bond donors (Lipinski definition) is 1. The van der Waals surface area contributed by atoms with Crippen LogP contribution >= 0.6 is 0 Å². The Labute approximate surface area is 119 Å². The third-order valence-corrected chi connectivity index (χ3v) is 3.37. The molecule has 4 nitrogen and oxygen atoms in total. The Morgan fingerprint density at radius 1 is 1.00 bits per heavy atom. The van der Waals surface area contributed by atoms with Crippen molar-refractivity contribution < 1.29 is 9.47 Å². The summed E-state index contributed by atoms with van der Waals surface area (Å²) < 4.78 is 10.6. The van der Waals surface area contributed by atoms with E-state index in [0.717, 1.165) is 22.5 Å². The maximum absolute atomic E-state index is 6.35. The Hall–Kier alpha value is -2.07. The fraction of sp³-hybridized carbons (Fsp3) is 0.312. The minimum Gasteiger partial charge on any atom is -0.493 e. The van der Waals surface area contributed by atoms with Crippen molar-refractivity contribution >= 4 is 0 Å². The molecule has 20 heavy (non-hydrogen) atoms. The van der Waals surface area contributed by atoms with E-state index >= 15 is 0 Å². The largest absolute Gasteiger partial charge is 0.493 e. The molecule has 0 bridgehead atoms. The van der Waals surface area contributed by atoms with Gasteiger partial charge in [-0.25, -0.2) is 0 Å². The van der Waals surface area contributed by atoms with Gasteiger partial charge in [0, 0.05) is 11.4 Å². The predicted octanol–water partition coefficient (Wildman–Crippen LogP) is 2.76. The van der Waals surface area contributed by atoms with Crippen molar-refractivity contribution in [2.75, 3.05) is 14.2 Å². The standard InChI is InChI=1S/C16H20N2O2/c1-10-5-7-13(11(2)18-10)16(17)12-6-8-14(19-3)15(9-12)20-4/h5-9,16H,17H2,1-4H3. The van der Waals surface area contributed by atoms with Gasteiger partial charge in [0.05, 0.1) is 20.3 Å². The molecule has 2 rings (SSSR count). The van der Waals surface area contributed by atoms with Gasteiger partial charge < -0.3 is 15.2 Å². The molecule has 0 aliphatic carbocycles. The lowest BCUT2D eigenvalue weighted by molar-refractivity contribution is 0.354. The number of methoxy groups -OCH3 is 2. The number of pyridine rings is 1. The van der Waals surface area contributed by atoms with E-state index in [4.69, 9.17) is 15.2 Å². The van der Waals surface area contributed by atoms with Gasteiger partial charge in [-0.1, -0.05) is 12.1 Å². The van der Waals surface area contributed by atoms with Crippen molar-refractivity contribution in [3.8, 4) is 11.5 Å². The van der Waals surface area contributed by atoms with E-state index in [2.05, 4.69) is 4.98 Å². The molecule has 1 heterocycles. The van der Waals surface area contributed by atoms with Crippen LogP contribution in [0.15, 0.2) is 30.3 Å². The molecular formula is C16H20N2O2. The van der Waals surface area contributed by atoms with Crippen LogP contribution in [0, 0.1) is 13.8 Å². The van der Waals surface area contributed by atoms with Gasteiger partial charge in [0.25, 0.3) is 0 Å². The lowest BCUT2D eigenvalue weighted by Gasteiger charge is -2.17.